The zero-order chi connectivity index (χ0) is 19.9. The smallest absolute Gasteiger partial charge is 0.327 e. The van der Waals surface area contributed by atoms with Crippen LogP contribution in [0.4, 0.5) is 11.4 Å². The Morgan fingerprint density at radius 2 is 1.89 bits per heavy atom. The van der Waals surface area contributed by atoms with Crippen molar-refractivity contribution < 1.29 is 14.3 Å². The fraction of sp³-hybridized carbons (Fsp3) is 0.200. The van der Waals surface area contributed by atoms with Crippen LogP contribution in [0.2, 0.25) is 0 Å². The third kappa shape index (κ3) is 4.35. The van der Waals surface area contributed by atoms with E-state index in [1.807, 2.05) is 24.3 Å². The normalized spacial score (nSPS) is 14.4. The number of carbonyl (C=O) groups excluding carboxylic acids is 2. The third-order valence-corrected chi connectivity index (χ3v) is 3.93. The van der Waals surface area contributed by atoms with Gasteiger partial charge in [0, 0.05) is 11.1 Å². The first-order chi connectivity index (χ1) is 13.6. The summed E-state index contributed by atoms with van der Waals surface area (Å²) in [4.78, 5) is 23.6. The molecule has 0 radical (unpaired) electrons. The number of rotatable bonds is 6. The van der Waals surface area contributed by atoms with E-state index in [0.717, 1.165) is 5.56 Å². The van der Waals surface area contributed by atoms with Gasteiger partial charge in [-0.3, -0.25) is 9.59 Å². The standard InChI is InChI=1S/C20H19N5O3/c1-3-28-20(27)13-25-19(16-9-5-7-11-18(16)23-24-25)12-21-22-17-10-6-4-8-15(17)14(2)26/h4-12H,3,13H2,1-2H3/b19-12-,22-21?. The molecule has 0 amide bonds. The van der Waals surface area contributed by atoms with Crippen LogP contribution in [0.3, 0.4) is 0 Å². The molecule has 3 rings (SSSR count). The molecule has 8 heteroatoms. The lowest BCUT2D eigenvalue weighted by Gasteiger charge is -2.23. The number of Topliss-reactive ketones (excluding diaryl/α,β-unsaturated/α-hetero) is 1. The molecule has 0 saturated heterocycles. The predicted octanol–water partition coefficient (Wildman–Crippen LogP) is 4.85. The van der Waals surface area contributed by atoms with Crippen LogP contribution in [0, 0.1) is 0 Å². The van der Waals surface area contributed by atoms with Crippen LogP contribution in [0.25, 0.3) is 5.70 Å². The molecule has 0 bridgehead atoms. The summed E-state index contributed by atoms with van der Waals surface area (Å²) in [6, 6.07) is 14.3. The second-order valence-electron chi connectivity index (χ2n) is 5.87. The summed E-state index contributed by atoms with van der Waals surface area (Å²) in [7, 11) is 0. The van der Waals surface area contributed by atoms with Gasteiger partial charge in [-0.1, -0.05) is 35.6 Å². The topological polar surface area (TPSA) is 96.1 Å². The fourth-order valence-corrected chi connectivity index (χ4v) is 2.65. The van der Waals surface area contributed by atoms with Gasteiger partial charge in [0.2, 0.25) is 0 Å². The van der Waals surface area contributed by atoms with Gasteiger partial charge in [0.15, 0.2) is 5.78 Å². The maximum absolute atomic E-state index is 11.9. The number of nitrogens with zero attached hydrogens (tertiary/aromatic N) is 5. The van der Waals surface area contributed by atoms with E-state index < -0.39 is 5.97 Å². The average molecular weight is 377 g/mol. The molecule has 0 atom stereocenters. The van der Waals surface area contributed by atoms with E-state index in [9.17, 15) is 9.59 Å². The summed E-state index contributed by atoms with van der Waals surface area (Å²) in [6.45, 7) is 3.39. The number of azo groups is 1. The Kier molecular flexibility index (Phi) is 6.01. The minimum atomic E-state index is -0.425. The number of carbonyl (C=O) groups is 2. The molecular formula is C20H19N5O3. The SMILES string of the molecule is CCOC(=O)CN1N=Nc2ccccc2/C1=C/N=Nc1ccccc1C(C)=O. The molecule has 1 aliphatic rings. The summed E-state index contributed by atoms with van der Waals surface area (Å²) in [5.41, 5.74) is 2.93. The quantitative estimate of drug-likeness (QED) is 0.408. The van der Waals surface area contributed by atoms with E-state index in [4.69, 9.17) is 4.74 Å². The Labute approximate surface area is 162 Å². The van der Waals surface area contributed by atoms with Gasteiger partial charge < -0.3 is 4.74 Å². The largest absolute Gasteiger partial charge is 0.465 e. The number of hydrogen-bond donors (Lipinski definition) is 0. The predicted molar refractivity (Wildman–Crippen MR) is 103 cm³/mol. The van der Waals surface area contributed by atoms with Crippen molar-refractivity contribution in [3.63, 3.8) is 0 Å². The maximum Gasteiger partial charge on any atom is 0.327 e. The molecule has 28 heavy (non-hydrogen) atoms. The van der Waals surface area contributed by atoms with E-state index in [2.05, 4.69) is 20.6 Å². The van der Waals surface area contributed by atoms with Crippen LogP contribution in [0.15, 0.2) is 75.3 Å². The first-order valence-electron chi connectivity index (χ1n) is 8.75. The maximum atomic E-state index is 11.9. The van der Waals surface area contributed by atoms with Gasteiger partial charge >= 0.3 is 5.97 Å². The summed E-state index contributed by atoms with van der Waals surface area (Å²) in [5.74, 6) is -0.520. The van der Waals surface area contributed by atoms with Crippen LogP contribution in [-0.4, -0.2) is 29.9 Å². The molecule has 0 saturated carbocycles. The number of esters is 1. The van der Waals surface area contributed by atoms with Crippen LogP contribution >= 0.6 is 0 Å². The van der Waals surface area contributed by atoms with Gasteiger partial charge in [0.1, 0.15) is 6.54 Å². The third-order valence-electron chi connectivity index (χ3n) is 3.93. The molecule has 142 valence electrons. The molecule has 0 aliphatic carbocycles. The van der Waals surface area contributed by atoms with E-state index in [-0.39, 0.29) is 18.9 Å². The lowest BCUT2D eigenvalue weighted by molar-refractivity contribution is -0.143. The molecule has 0 spiro atoms. The molecular weight excluding hydrogens is 358 g/mol. The first kappa shape index (κ1) is 19.1. The Balaban J connectivity index is 1.94. The molecule has 2 aromatic carbocycles. The monoisotopic (exact) mass is 377 g/mol. The van der Waals surface area contributed by atoms with E-state index in [0.29, 0.717) is 22.6 Å². The number of hydrogen-bond acceptors (Lipinski definition) is 8. The molecule has 8 nitrogen and oxygen atoms in total. The molecule has 0 aromatic heterocycles. The van der Waals surface area contributed by atoms with E-state index in [1.165, 1.54) is 18.1 Å². The van der Waals surface area contributed by atoms with Crippen LogP contribution in [0.5, 0.6) is 0 Å². The van der Waals surface area contributed by atoms with Crippen molar-refractivity contribution >= 4 is 28.8 Å². The Morgan fingerprint density at radius 3 is 2.68 bits per heavy atom. The van der Waals surface area contributed by atoms with Crippen molar-refractivity contribution in [1.29, 1.82) is 0 Å². The number of benzene rings is 2. The Bertz CT molecular complexity index is 981. The zero-order valence-corrected chi connectivity index (χ0v) is 15.6. The Hall–Kier alpha value is -3.68. The lowest BCUT2D eigenvalue weighted by Crippen LogP contribution is -2.26. The van der Waals surface area contributed by atoms with Crippen molar-refractivity contribution in [2.75, 3.05) is 13.2 Å². The van der Waals surface area contributed by atoms with Crippen LogP contribution < -0.4 is 0 Å². The van der Waals surface area contributed by atoms with Crippen molar-refractivity contribution in [3.8, 4) is 0 Å². The van der Waals surface area contributed by atoms with Gasteiger partial charge in [0.25, 0.3) is 0 Å². The number of ketones is 1. The van der Waals surface area contributed by atoms with Crippen molar-refractivity contribution in [1.82, 2.24) is 5.01 Å². The summed E-state index contributed by atoms with van der Waals surface area (Å²) in [5, 5.41) is 17.9. The van der Waals surface area contributed by atoms with Gasteiger partial charge in [-0.15, -0.1) is 5.11 Å². The highest BCUT2D eigenvalue weighted by Crippen LogP contribution is 2.34. The van der Waals surface area contributed by atoms with Gasteiger partial charge in [-0.2, -0.15) is 10.2 Å². The fourth-order valence-electron chi connectivity index (χ4n) is 2.65. The highest BCUT2D eigenvalue weighted by Gasteiger charge is 2.22. The molecule has 2 aromatic rings. The van der Waals surface area contributed by atoms with Crippen molar-refractivity contribution in [2.45, 2.75) is 13.8 Å². The minimum Gasteiger partial charge on any atom is -0.465 e. The number of fused-ring (bicyclic) bond motifs is 1. The second-order valence-corrected chi connectivity index (χ2v) is 5.87. The van der Waals surface area contributed by atoms with Crippen LogP contribution in [-0.2, 0) is 9.53 Å². The van der Waals surface area contributed by atoms with E-state index in [1.54, 1.807) is 31.2 Å². The first-order valence-corrected chi connectivity index (χ1v) is 8.75. The lowest BCUT2D eigenvalue weighted by atomic mass is 10.1. The van der Waals surface area contributed by atoms with Crippen molar-refractivity contribution in [2.24, 2.45) is 20.6 Å². The Morgan fingerprint density at radius 1 is 1.14 bits per heavy atom. The van der Waals surface area contributed by atoms with Crippen LogP contribution in [0.1, 0.15) is 29.8 Å². The molecule has 0 N–H and O–H groups in total. The van der Waals surface area contributed by atoms with Crippen molar-refractivity contribution in [3.05, 3.63) is 65.9 Å². The highest BCUT2D eigenvalue weighted by atomic mass is 16.5. The molecule has 1 aliphatic heterocycles. The van der Waals surface area contributed by atoms with Gasteiger partial charge in [-0.25, -0.2) is 5.01 Å². The zero-order valence-electron chi connectivity index (χ0n) is 15.6. The molecule has 0 unspecified atom stereocenters. The summed E-state index contributed by atoms with van der Waals surface area (Å²) < 4.78 is 5.00. The highest BCUT2D eigenvalue weighted by molar-refractivity contribution is 5.98. The second kappa shape index (κ2) is 8.81. The molecule has 1 heterocycles. The minimum absolute atomic E-state index is 0.0945. The molecule has 0 fully saturated rings. The van der Waals surface area contributed by atoms with Gasteiger partial charge in [0.05, 0.1) is 29.9 Å². The number of ether oxygens (including phenoxy) is 1. The average Bonchev–Trinajstić information content (AvgIpc) is 2.69. The summed E-state index contributed by atoms with van der Waals surface area (Å²) in [6.07, 6.45) is 1.49. The van der Waals surface area contributed by atoms with Gasteiger partial charge in [-0.05, 0) is 32.0 Å². The summed E-state index contributed by atoms with van der Waals surface area (Å²) >= 11 is 0. The van der Waals surface area contributed by atoms with E-state index >= 15 is 0 Å².